The number of fused-ring (bicyclic) bond motifs is 1. The Morgan fingerprint density at radius 2 is 1.68 bits per heavy atom. The van der Waals surface area contributed by atoms with E-state index in [1.807, 2.05) is 49.4 Å². The average Bonchev–Trinajstić information content (AvgIpc) is 3.22. The fraction of sp³-hybridized carbons (Fsp3) is 0.0714. The van der Waals surface area contributed by atoms with Crippen molar-refractivity contribution < 1.29 is 9.72 Å². The van der Waals surface area contributed by atoms with Gasteiger partial charge in [0.15, 0.2) is 0 Å². The Morgan fingerprint density at radius 1 is 1.00 bits per heavy atom. The molecule has 5 aromatic rings. The number of nitrogens with zero attached hydrogens (tertiary/aromatic N) is 2. The maximum absolute atomic E-state index is 13.3. The van der Waals surface area contributed by atoms with Crippen molar-refractivity contribution in [2.75, 3.05) is 11.1 Å². The number of nitrogens with one attached hydrogen (secondary N) is 1. The van der Waals surface area contributed by atoms with Crippen LogP contribution in [-0.2, 0) is 0 Å². The lowest BCUT2D eigenvalue weighted by molar-refractivity contribution is -0.385. The summed E-state index contributed by atoms with van der Waals surface area (Å²) in [5, 5.41) is 15.3. The van der Waals surface area contributed by atoms with Gasteiger partial charge in [0.05, 0.1) is 16.3 Å². The van der Waals surface area contributed by atoms with Crippen LogP contribution in [0.1, 0.15) is 20.8 Å². The van der Waals surface area contributed by atoms with Crippen LogP contribution in [0.25, 0.3) is 32.6 Å². The number of benzene rings is 3. The number of hydrogen-bond acceptors (Lipinski definition) is 6. The van der Waals surface area contributed by atoms with E-state index in [0.717, 1.165) is 27.9 Å². The molecule has 0 spiro atoms. The molecule has 0 bridgehead atoms. The number of nitro benzene ring substituents is 1. The van der Waals surface area contributed by atoms with Crippen LogP contribution in [0, 0.1) is 24.0 Å². The van der Waals surface area contributed by atoms with E-state index in [9.17, 15) is 14.9 Å². The monoisotopic (exact) mass is 528 g/mol. The molecule has 0 atom stereocenters. The molecule has 0 aliphatic heterocycles. The predicted molar refractivity (Wildman–Crippen MR) is 150 cm³/mol. The van der Waals surface area contributed by atoms with Gasteiger partial charge < -0.3 is 11.1 Å². The van der Waals surface area contributed by atoms with Crippen LogP contribution in [0.5, 0.6) is 0 Å². The van der Waals surface area contributed by atoms with Crippen molar-refractivity contribution in [2.45, 2.75) is 13.8 Å². The molecule has 0 aliphatic carbocycles. The number of rotatable bonds is 5. The van der Waals surface area contributed by atoms with E-state index in [1.54, 1.807) is 31.2 Å². The van der Waals surface area contributed by atoms with Crippen molar-refractivity contribution in [2.24, 2.45) is 0 Å². The van der Waals surface area contributed by atoms with E-state index in [-0.39, 0.29) is 10.6 Å². The molecule has 1 amide bonds. The molecule has 0 unspecified atom stereocenters. The largest absolute Gasteiger partial charge is 0.397 e. The van der Waals surface area contributed by atoms with Crippen LogP contribution in [0.3, 0.4) is 0 Å². The Bertz CT molecular complexity index is 1680. The van der Waals surface area contributed by atoms with Crippen LogP contribution in [0.15, 0.2) is 72.8 Å². The van der Waals surface area contributed by atoms with E-state index in [1.165, 1.54) is 17.4 Å². The van der Waals surface area contributed by atoms with Gasteiger partial charge in [0.2, 0.25) is 0 Å². The molecular formula is C28H21ClN4O3S. The lowest BCUT2D eigenvalue weighted by atomic mass is 9.99. The molecule has 9 heteroatoms. The van der Waals surface area contributed by atoms with Crippen molar-refractivity contribution in [3.63, 3.8) is 0 Å². The molecule has 3 N–H and O–H groups in total. The first-order valence-corrected chi connectivity index (χ1v) is 12.5. The summed E-state index contributed by atoms with van der Waals surface area (Å²) in [6.45, 7) is 3.66. The van der Waals surface area contributed by atoms with Crippen molar-refractivity contribution in [1.82, 2.24) is 4.98 Å². The topological polar surface area (TPSA) is 111 Å². The zero-order chi connectivity index (χ0) is 26.3. The van der Waals surface area contributed by atoms with Crippen molar-refractivity contribution in [3.05, 3.63) is 104 Å². The number of nitro groups is 1. The summed E-state index contributed by atoms with van der Waals surface area (Å²) in [6.07, 6.45) is 0. The standard InChI is InChI=1S/C28H21ClN4O3S/c1-15-3-6-18(7-4-15)22-14-21(17-8-10-19(29)11-9-17)24-25(30)26(37-28(24)32-22)27(34)31-20-12-5-16(2)23(13-20)33(35)36/h3-14H,30H2,1-2H3,(H,31,34). The van der Waals surface area contributed by atoms with Gasteiger partial charge in [0.25, 0.3) is 11.6 Å². The normalized spacial score (nSPS) is 11.0. The molecule has 7 nitrogen and oxygen atoms in total. The number of nitrogen functional groups attached to an aromatic ring is 1. The first kappa shape index (κ1) is 24.4. The SMILES string of the molecule is Cc1ccc(-c2cc(-c3ccc(Cl)cc3)c3c(N)c(C(=O)Nc4ccc(C)c([N+](=O)[O-])c4)sc3n2)cc1. The highest BCUT2D eigenvalue weighted by Gasteiger charge is 2.22. The third kappa shape index (κ3) is 4.76. The summed E-state index contributed by atoms with van der Waals surface area (Å²) in [6, 6.07) is 22.0. The van der Waals surface area contributed by atoms with Gasteiger partial charge in [-0.25, -0.2) is 4.98 Å². The molecule has 0 radical (unpaired) electrons. The highest BCUT2D eigenvalue weighted by atomic mass is 35.5. The van der Waals surface area contributed by atoms with Gasteiger partial charge in [-0.2, -0.15) is 0 Å². The lowest BCUT2D eigenvalue weighted by Gasteiger charge is -2.09. The maximum atomic E-state index is 13.3. The first-order chi connectivity index (χ1) is 17.7. The number of carbonyl (C=O) groups is 1. The van der Waals surface area contributed by atoms with E-state index in [4.69, 9.17) is 22.3 Å². The number of nitrogens with two attached hydrogens (primary N) is 1. The van der Waals surface area contributed by atoms with Crippen LogP contribution in [0.2, 0.25) is 5.02 Å². The molecule has 0 saturated carbocycles. The zero-order valence-corrected chi connectivity index (χ0v) is 21.5. The number of aryl methyl sites for hydroxylation is 2. The van der Waals surface area contributed by atoms with Crippen LogP contribution < -0.4 is 11.1 Å². The second-order valence-corrected chi connectivity index (χ2v) is 10.1. The molecule has 5 rings (SSSR count). The minimum Gasteiger partial charge on any atom is -0.397 e. The van der Waals surface area contributed by atoms with E-state index >= 15 is 0 Å². The summed E-state index contributed by atoms with van der Waals surface area (Å²) in [5.74, 6) is -0.461. The second kappa shape index (κ2) is 9.65. The van der Waals surface area contributed by atoms with Gasteiger partial charge in [-0.15, -0.1) is 11.3 Å². The summed E-state index contributed by atoms with van der Waals surface area (Å²) < 4.78 is 0. The Labute approximate surface area is 221 Å². The predicted octanol–water partition coefficient (Wildman–Crippen LogP) is 7.64. The molecule has 3 aromatic carbocycles. The Morgan fingerprint density at radius 3 is 2.35 bits per heavy atom. The molecule has 0 saturated heterocycles. The van der Waals surface area contributed by atoms with Gasteiger partial charge in [-0.3, -0.25) is 14.9 Å². The van der Waals surface area contributed by atoms with E-state index in [0.29, 0.717) is 32.2 Å². The second-order valence-electron chi connectivity index (χ2n) is 8.67. The van der Waals surface area contributed by atoms with Crippen LogP contribution >= 0.6 is 22.9 Å². The molecule has 2 aromatic heterocycles. The van der Waals surface area contributed by atoms with Gasteiger partial charge in [0, 0.05) is 33.3 Å². The quantitative estimate of drug-likeness (QED) is 0.180. The zero-order valence-electron chi connectivity index (χ0n) is 19.9. The Hall–Kier alpha value is -4.27. The minimum absolute atomic E-state index is 0.0726. The number of amides is 1. The fourth-order valence-corrected chi connectivity index (χ4v) is 5.23. The maximum Gasteiger partial charge on any atom is 0.274 e. The molecule has 0 fully saturated rings. The van der Waals surface area contributed by atoms with Crippen molar-refractivity contribution in [3.8, 4) is 22.4 Å². The number of pyridine rings is 1. The highest BCUT2D eigenvalue weighted by molar-refractivity contribution is 7.21. The third-order valence-corrected chi connectivity index (χ3v) is 7.42. The number of aromatic nitrogens is 1. The average molecular weight is 529 g/mol. The molecule has 37 heavy (non-hydrogen) atoms. The highest BCUT2D eigenvalue weighted by Crippen LogP contribution is 2.42. The van der Waals surface area contributed by atoms with Crippen molar-refractivity contribution in [1.29, 1.82) is 0 Å². The Balaban J connectivity index is 1.63. The number of thiophene rings is 1. The van der Waals surface area contributed by atoms with Gasteiger partial charge >= 0.3 is 0 Å². The summed E-state index contributed by atoms with van der Waals surface area (Å²) in [4.78, 5) is 29.8. The first-order valence-electron chi connectivity index (χ1n) is 11.3. The molecule has 184 valence electrons. The Kier molecular flexibility index (Phi) is 6.37. The number of carbonyl (C=O) groups excluding carboxylic acids is 1. The van der Waals surface area contributed by atoms with Crippen LogP contribution in [0.4, 0.5) is 17.1 Å². The van der Waals surface area contributed by atoms with Gasteiger partial charge in [-0.1, -0.05) is 59.6 Å². The summed E-state index contributed by atoms with van der Waals surface area (Å²) >= 11 is 7.30. The van der Waals surface area contributed by atoms with Gasteiger partial charge in [0.1, 0.15) is 9.71 Å². The van der Waals surface area contributed by atoms with Crippen LogP contribution in [-0.4, -0.2) is 15.8 Å². The third-order valence-electron chi connectivity index (χ3n) is 6.07. The number of anilines is 2. The fourth-order valence-electron chi connectivity index (χ4n) is 4.09. The van der Waals surface area contributed by atoms with E-state index < -0.39 is 10.8 Å². The van der Waals surface area contributed by atoms with E-state index in [2.05, 4.69) is 5.32 Å². The minimum atomic E-state index is -0.478. The smallest absolute Gasteiger partial charge is 0.274 e. The molecule has 2 heterocycles. The molecule has 0 aliphatic rings. The van der Waals surface area contributed by atoms with Gasteiger partial charge in [-0.05, 0) is 49.2 Å². The lowest BCUT2D eigenvalue weighted by Crippen LogP contribution is -2.12. The number of halogens is 1. The van der Waals surface area contributed by atoms with Crippen molar-refractivity contribution >= 4 is 56.1 Å². The molecular weight excluding hydrogens is 508 g/mol. The number of hydrogen-bond donors (Lipinski definition) is 2. The summed E-state index contributed by atoms with van der Waals surface area (Å²) in [5.41, 5.74) is 12.1. The summed E-state index contributed by atoms with van der Waals surface area (Å²) in [7, 11) is 0.